The lowest BCUT2D eigenvalue weighted by Crippen LogP contribution is -2.52. The molecule has 2 amide bonds. The summed E-state index contributed by atoms with van der Waals surface area (Å²) in [5, 5.41) is 9.81. The van der Waals surface area contributed by atoms with Crippen molar-refractivity contribution in [1.82, 2.24) is 20.9 Å². The van der Waals surface area contributed by atoms with Gasteiger partial charge in [0.15, 0.2) is 0 Å². The van der Waals surface area contributed by atoms with Crippen LogP contribution in [-0.2, 0) is 9.59 Å². The number of carbonyl (C=O) groups excluding carboxylic acids is 2. The molecule has 6 unspecified atom stereocenters. The summed E-state index contributed by atoms with van der Waals surface area (Å²) in [4.78, 5) is 27.3. The summed E-state index contributed by atoms with van der Waals surface area (Å²) in [6.07, 6.45) is 8.70. The van der Waals surface area contributed by atoms with E-state index >= 15 is 0 Å². The number of nitrogens with one attached hydrogen (secondary N) is 3. The fourth-order valence-corrected chi connectivity index (χ4v) is 7.20. The van der Waals surface area contributed by atoms with Crippen LogP contribution in [0.15, 0.2) is 0 Å². The van der Waals surface area contributed by atoms with Gasteiger partial charge in [0, 0.05) is 37.0 Å². The summed E-state index contributed by atoms with van der Waals surface area (Å²) in [6.45, 7) is 5.15. The van der Waals surface area contributed by atoms with E-state index in [1.54, 1.807) is 0 Å². The predicted molar refractivity (Wildman–Crippen MR) is 117 cm³/mol. The molecule has 5 fully saturated rings. The Morgan fingerprint density at radius 2 is 1.97 bits per heavy atom. The van der Waals surface area contributed by atoms with Gasteiger partial charge in [-0.05, 0) is 82.2 Å². The topological polar surface area (TPSA) is 73.5 Å². The molecule has 0 aromatic heterocycles. The van der Waals surface area contributed by atoms with Gasteiger partial charge in [0.2, 0.25) is 11.8 Å². The van der Waals surface area contributed by atoms with Gasteiger partial charge in [0.05, 0.1) is 6.04 Å². The van der Waals surface area contributed by atoms with E-state index in [0.717, 1.165) is 58.2 Å². The second kappa shape index (κ2) is 8.62. The average Bonchev–Trinajstić information content (AvgIpc) is 3.37. The lowest BCUT2D eigenvalue weighted by molar-refractivity contribution is -0.124. The first-order chi connectivity index (χ1) is 14.9. The lowest BCUT2D eigenvalue weighted by atomic mass is 9.76. The first kappa shape index (κ1) is 21.6. The van der Waals surface area contributed by atoms with E-state index in [-0.39, 0.29) is 41.3 Å². The summed E-state index contributed by atoms with van der Waals surface area (Å²) in [5.41, 5.74) is 0.187. The highest BCUT2D eigenvalue weighted by Gasteiger charge is 2.47. The lowest BCUT2D eigenvalue weighted by Gasteiger charge is -2.44. The third-order valence-electron chi connectivity index (χ3n) is 9.22. The summed E-state index contributed by atoms with van der Waals surface area (Å²) >= 11 is 0. The molecule has 0 aromatic carbocycles. The zero-order valence-corrected chi connectivity index (χ0v) is 18.9. The van der Waals surface area contributed by atoms with Gasteiger partial charge in [-0.3, -0.25) is 9.59 Å². The first-order valence-electron chi connectivity index (χ1n) is 12.6. The zero-order chi connectivity index (χ0) is 21.6. The fraction of sp³-hybridized carbons (Fsp3) is 0.917. The van der Waals surface area contributed by atoms with E-state index < -0.39 is 6.17 Å². The van der Waals surface area contributed by atoms with Gasteiger partial charge >= 0.3 is 0 Å². The number of hydrogen-bond donors (Lipinski definition) is 3. The second-order valence-corrected chi connectivity index (χ2v) is 11.2. The van der Waals surface area contributed by atoms with Crippen molar-refractivity contribution >= 4 is 11.8 Å². The number of nitrogens with zero attached hydrogens (tertiary/aromatic N) is 1. The van der Waals surface area contributed by atoms with Crippen molar-refractivity contribution in [2.45, 2.75) is 101 Å². The molecule has 7 atom stereocenters. The van der Waals surface area contributed by atoms with Gasteiger partial charge in [-0.15, -0.1) is 0 Å². The van der Waals surface area contributed by atoms with Crippen molar-refractivity contribution in [3.63, 3.8) is 0 Å². The molecule has 1 spiro atoms. The van der Waals surface area contributed by atoms with Gasteiger partial charge in [-0.25, -0.2) is 4.39 Å². The molecule has 2 saturated carbocycles. The molecule has 174 valence electrons. The Bertz CT molecular complexity index is 677. The maximum Gasteiger partial charge on any atom is 0.237 e. The van der Waals surface area contributed by atoms with Crippen LogP contribution in [0.4, 0.5) is 4.39 Å². The van der Waals surface area contributed by atoms with Gasteiger partial charge in [0.1, 0.15) is 6.17 Å². The fourth-order valence-electron chi connectivity index (χ4n) is 7.20. The quantitative estimate of drug-likeness (QED) is 0.636. The molecule has 5 aliphatic rings. The SMILES string of the molecule is CC1CCC(F)C2CC(C(=O)N[C@@H]3CCCC(N4CCC5(CC4)CNC(=O)C5)C3)NC12. The standard InChI is InChI=1S/C24H39FN4O2/c1-15-5-6-19(25)18-12-20(28-22(15)18)23(31)27-16-3-2-4-17(11-16)29-9-7-24(8-10-29)13-21(30)26-14-24/h15-20,22,28H,2-14H2,1H3,(H,26,30)(H,27,31)/t15?,16-,17?,18?,19?,20?,22?/m1/s1. The zero-order valence-electron chi connectivity index (χ0n) is 18.9. The third kappa shape index (κ3) is 4.37. The number of piperidine rings is 1. The van der Waals surface area contributed by atoms with E-state index in [4.69, 9.17) is 0 Å². The average molecular weight is 435 g/mol. The van der Waals surface area contributed by atoms with Gasteiger partial charge in [0.25, 0.3) is 0 Å². The van der Waals surface area contributed by atoms with Crippen molar-refractivity contribution in [3.05, 3.63) is 0 Å². The molecule has 31 heavy (non-hydrogen) atoms. The van der Waals surface area contributed by atoms with Crippen molar-refractivity contribution < 1.29 is 14.0 Å². The minimum Gasteiger partial charge on any atom is -0.356 e. The molecule has 3 N–H and O–H groups in total. The maximum atomic E-state index is 14.4. The Hall–Kier alpha value is -1.21. The highest BCUT2D eigenvalue weighted by atomic mass is 19.1. The Morgan fingerprint density at radius 3 is 2.68 bits per heavy atom. The van der Waals surface area contributed by atoms with E-state index in [9.17, 15) is 14.0 Å². The number of likely N-dealkylation sites (tertiary alicyclic amines) is 1. The number of hydrogen-bond acceptors (Lipinski definition) is 4. The van der Waals surface area contributed by atoms with E-state index in [0.29, 0.717) is 31.2 Å². The number of rotatable bonds is 3. The van der Waals surface area contributed by atoms with Crippen molar-refractivity contribution in [3.8, 4) is 0 Å². The van der Waals surface area contributed by atoms with Crippen molar-refractivity contribution in [2.75, 3.05) is 19.6 Å². The monoisotopic (exact) mass is 434 g/mol. The van der Waals surface area contributed by atoms with Crippen LogP contribution < -0.4 is 16.0 Å². The minimum absolute atomic E-state index is 0.00349. The molecular formula is C24H39FN4O2. The third-order valence-corrected chi connectivity index (χ3v) is 9.22. The molecule has 3 saturated heterocycles. The van der Waals surface area contributed by atoms with Crippen LogP contribution in [0.3, 0.4) is 0 Å². The van der Waals surface area contributed by atoms with Crippen LogP contribution in [0.25, 0.3) is 0 Å². The summed E-state index contributed by atoms with van der Waals surface area (Å²) in [5.74, 6) is 0.730. The molecule has 0 bridgehead atoms. The summed E-state index contributed by atoms with van der Waals surface area (Å²) in [7, 11) is 0. The van der Waals surface area contributed by atoms with E-state index in [1.807, 2.05) is 0 Å². The van der Waals surface area contributed by atoms with Crippen LogP contribution in [0.5, 0.6) is 0 Å². The minimum atomic E-state index is -0.765. The number of amides is 2. The van der Waals surface area contributed by atoms with Crippen LogP contribution >= 0.6 is 0 Å². The Morgan fingerprint density at radius 1 is 1.16 bits per heavy atom. The van der Waals surface area contributed by atoms with E-state index in [2.05, 4.69) is 27.8 Å². The number of alkyl halides is 1. The highest BCUT2D eigenvalue weighted by Crippen LogP contribution is 2.40. The summed E-state index contributed by atoms with van der Waals surface area (Å²) < 4.78 is 14.4. The first-order valence-corrected chi connectivity index (χ1v) is 12.6. The van der Waals surface area contributed by atoms with E-state index in [1.165, 1.54) is 6.42 Å². The van der Waals surface area contributed by atoms with Gasteiger partial charge in [-0.1, -0.05) is 6.92 Å². The van der Waals surface area contributed by atoms with Crippen molar-refractivity contribution in [2.24, 2.45) is 17.3 Å². The number of fused-ring (bicyclic) bond motifs is 1. The number of halogens is 1. The van der Waals surface area contributed by atoms with Crippen molar-refractivity contribution in [1.29, 1.82) is 0 Å². The normalized spacial score (nSPS) is 42.9. The molecule has 7 heteroatoms. The Labute approximate surface area is 185 Å². The second-order valence-electron chi connectivity index (χ2n) is 11.2. The molecule has 6 nitrogen and oxygen atoms in total. The molecule has 0 aromatic rings. The highest BCUT2D eigenvalue weighted by molar-refractivity contribution is 5.82. The molecule has 0 radical (unpaired) electrons. The largest absolute Gasteiger partial charge is 0.356 e. The Balaban J connectivity index is 1.12. The molecular weight excluding hydrogens is 395 g/mol. The maximum absolute atomic E-state index is 14.4. The molecule has 2 aliphatic carbocycles. The number of carbonyl (C=O) groups is 2. The van der Waals surface area contributed by atoms with Gasteiger partial charge in [-0.2, -0.15) is 0 Å². The molecule has 5 rings (SSSR count). The molecule has 3 aliphatic heterocycles. The van der Waals surface area contributed by atoms with Crippen LogP contribution in [0.1, 0.15) is 71.1 Å². The van der Waals surface area contributed by atoms with Crippen LogP contribution in [0, 0.1) is 17.3 Å². The summed E-state index contributed by atoms with van der Waals surface area (Å²) in [6, 6.07) is 0.656. The van der Waals surface area contributed by atoms with Crippen LogP contribution in [-0.4, -0.2) is 66.7 Å². The smallest absolute Gasteiger partial charge is 0.237 e. The van der Waals surface area contributed by atoms with Gasteiger partial charge < -0.3 is 20.9 Å². The predicted octanol–water partition coefficient (Wildman–Crippen LogP) is 2.13. The molecule has 3 heterocycles. The Kier molecular flexibility index (Phi) is 6.01. The van der Waals surface area contributed by atoms with Crippen LogP contribution in [0.2, 0.25) is 0 Å².